The standard InChI is InChI=1S/C19H39N3/c1-17(2)22-14-12-21(13-15-22)16-18-6-9-20(10-7-18)11-8-19(3,4)5/h17-18H,6-16H2,1-5H3. The topological polar surface area (TPSA) is 9.72 Å². The van der Waals surface area contributed by atoms with Crippen LogP contribution < -0.4 is 0 Å². The highest BCUT2D eigenvalue weighted by Gasteiger charge is 2.25. The lowest BCUT2D eigenvalue weighted by Crippen LogP contribution is -2.50. The zero-order chi connectivity index (χ0) is 16.2. The molecule has 2 fully saturated rings. The van der Waals surface area contributed by atoms with Gasteiger partial charge in [0.05, 0.1) is 0 Å². The lowest BCUT2D eigenvalue weighted by atomic mass is 9.90. The first-order chi connectivity index (χ1) is 10.3. The van der Waals surface area contributed by atoms with E-state index in [-0.39, 0.29) is 0 Å². The smallest absolute Gasteiger partial charge is 0.0113 e. The average Bonchev–Trinajstić information content (AvgIpc) is 2.46. The van der Waals surface area contributed by atoms with E-state index in [0.717, 1.165) is 5.92 Å². The number of likely N-dealkylation sites (tertiary alicyclic amines) is 1. The molecule has 0 unspecified atom stereocenters. The van der Waals surface area contributed by atoms with Gasteiger partial charge in [-0.25, -0.2) is 0 Å². The third-order valence-electron chi connectivity index (χ3n) is 5.54. The first kappa shape index (κ1) is 18.2. The quantitative estimate of drug-likeness (QED) is 0.772. The normalized spacial score (nSPS) is 24.3. The van der Waals surface area contributed by atoms with E-state index in [9.17, 15) is 0 Å². The summed E-state index contributed by atoms with van der Waals surface area (Å²) < 4.78 is 0. The molecule has 2 heterocycles. The van der Waals surface area contributed by atoms with Gasteiger partial charge in [-0.1, -0.05) is 20.8 Å². The number of rotatable bonds is 5. The molecule has 0 aromatic heterocycles. The number of hydrogen-bond acceptors (Lipinski definition) is 3. The van der Waals surface area contributed by atoms with Crippen LogP contribution in [0.2, 0.25) is 0 Å². The third-order valence-corrected chi connectivity index (χ3v) is 5.54. The minimum atomic E-state index is 0.479. The molecule has 3 heteroatoms. The van der Waals surface area contributed by atoms with E-state index >= 15 is 0 Å². The van der Waals surface area contributed by atoms with E-state index < -0.39 is 0 Å². The Hall–Kier alpha value is -0.120. The second-order valence-electron chi connectivity index (χ2n) is 9.03. The van der Waals surface area contributed by atoms with Crippen LogP contribution in [0.25, 0.3) is 0 Å². The van der Waals surface area contributed by atoms with Gasteiger partial charge in [-0.2, -0.15) is 0 Å². The highest BCUT2D eigenvalue weighted by molar-refractivity contribution is 4.80. The molecule has 2 saturated heterocycles. The molecule has 3 nitrogen and oxygen atoms in total. The van der Waals surface area contributed by atoms with Crippen molar-refractivity contribution >= 4 is 0 Å². The molecule has 2 rings (SSSR count). The largest absolute Gasteiger partial charge is 0.303 e. The molecule has 0 aliphatic carbocycles. The molecule has 0 aromatic carbocycles. The minimum Gasteiger partial charge on any atom is -0.303 e. The molecule has 2 aliphatic heterocycles. The van der Waals surface area contributed by atoms with Gasteiger partial charge in [-0.15, -0.1) is 0 Å². The van der Waals surface area contributed by atoms with Crippen molar-refractivity contribution < 1.29 is 0 Å². The van der Waals surface area contributed by atoms with Crippen molar-refractivity contribution in [1.29, 1.82) is 0 Å². The highest BCUT2D eigenvalue weighted by atomic mass is 15.3. The summed E-state index contributed by atoms with van der Waals surface area (Å²) in [5, 5.41) is 0. The van der Waals surface area contributed by atoms with Crippen LogP contribution in [0.5, 0.6) is 0 Å². The first-order valence-electron chi connectivity index (χ1n) is 9.52. The van der Waals surface area contributed by atoms with Gasteiger partial charge in [-0.3, -0.25) is 4.90 Å². The third kappa shape index (κ3) is 6.17. The summed E-state index contributed by atoms with van der Waals surface area (Å²) in [4.78, 5) is 8.03. The summed E-state index contributed by atoms with van der Waals surface area (Å²) in [7, 11) is 0. The van der Waals surface area contributed by atoms with E-state index in [1.807, 2.05) is 0 Å². The van der Waals surface area contributed by atoms with Crippen molar-refractivity contribution in [2.75, 3.05) is 52.4 Å². The summed E-state index contributed by atoms with van der Waals surface area (Å²) in [5.41, 5.74) is 0.479. The number of hydrogen-bond donors (Lipinski definition) is 0. The van der Waals surface area contributed by atoms with Gasteiger partial charge in [0, 0.05) is 38.8 Å². The van der Waals surface area contributed by atoms with Gasteiger partial charge in [0.1, 0.15) is 0 Å². The van der Waals surface area contributed by atoms with Gasteiger partial charge in [0.25, 0.3) is 0 Å². The molecular weight excluding hydrogens is 270 g/mol. The van der Waals surface area contributed by atoms with Crippen molar-refractivity contribution in [2.24, 2.45) is 11.3 Å². The Balaban J connectivity index is 1.62. The molecular formula is C19H39N3. The molecule has 0 radical (unpaired) electrons. The molecule has 0 aromatic rings. The molecule has 0 bridgehead atoms. The van der Waals surface area contributed by atoms with Crippen LogP contribution in [-0.4, -0.2) is 73.1 Å². The van der Waals surface area contributed by atoms with Crippen LogP contribution in [0.15, 0.2) is 0 Å². The van der Waals surface area contributed by atoms with E-state index in [1.165, 1.54) is 71.6 Å². The number of piperidine rings is 1. The van der Waals surface area contributed by atoms with Crippen LogP contribution in [0.3, 0.4) is 0 Å². The lowest BCUT2D eigenvalue weighted by Gasteiger charge is -2.40. The molecule has 0 amide bonds. The molecule has 2 aliphatic rings. The fraction of sp³-hybridized carbons (Fsp3) is 1.00. The molecule has 0 spiro atoms. The van der Waals surface area contributed by atoms with Crippen LogP contribution >= 0.6 is 0 Å². The van der Waals surface area contributed by atoms with Gasteiger partial charge in [-0.05, 0) is 64.1 Å². The zero-order valence-corrected chi connectivity index (χ0v) is 15.8. The Labute approximate surface area is 139 Å². The second-order valence-corrected chi connectivity index (χ2v) is 9.03. The van der Waals surface area contributed by atoms with Crippen LogP contribution in [0.1, 0.15) is 53.9 Å². The fourth-order valence-corrected chi connectivity index (χ4v) is 3.71. The van der Waals surface area contributed by atoms with E-state index in [4.69, 9.17) is 0 Å². The summed E-state index contributed by atoms with van der Waals surface area (Å²) in [6, 6.07) is 0.716. The van der Waals surface area contributed by atoms with Crippen molar-refractivity contribution in [3.8, 4) is 0 Å². The van der Waals surface area contributed by atoms with Gasteiger partial charge < -0.3 is 9.80 Å². The van der Waals surface area contributed by atoms with Crippen LogP contribution in [0, 0.1) is 11.3 Å². The van der Waals surface area contributed by atoms with E-state index in [0.29, 0.717) is 11.5 Å². The minimum absolute atomic E-state index is 0.479. The number of piperazine rings is 1. The van der Waals surface area contributed by atoms with Crippen molar-refractivity contribution in [2.45, 2.75) is 59.9 Å². The Morgan fingerprint density at radius 3 is 1.95 bits per heavy atom. The lowest BCUT2D eigenvalue weighted by molar-refractivity contribution is 0.0793. The van der Waals surface area contributed by atoms with Crippen molar-refractivity contribution in [1.82, 2.24) is 14.7 Å². The van der Waals surface area contributed by atoms with Crippen LogP contribution in [0.4, 0.5) is 0 Å². The Bertz CT molecular complexity index is 305. The number of nitrogens with zero attached hydrogens (tertiary/aromatic N) is 3. The zero-order valence-electron chi connectivity index (χ0n) is 15.8. The molecule has 0 atom stereocenters. The van der Waals surface area contributed by atoms with Gasteiger partial charge in [0.15, 0.2) is 0 Å². The van der Waals surface area contributed by atoms with Crippen molar-refractivity contribution in [3.05, 3.63) is 0 Å². The average molecular weight is 310 g/mol. The van der Waals surface area contributed by atoms with Crippen LogP contribution in [-0.2, 0) is 0 Å². The maximum absolute atomic E-state index is 2.72. The Kier molecular flexibility index (Phi) is 6.73. The summed E-state index contributed by atoms with van der Waals surface area (Å²) in [5.74, 6) is 0.941. The predicted octanol–water partition coefficient (Wildman–Crippen LogP) is 3.16. The maximum atomic E-state index is 2.72. The second kappa shape index (κ2) is 8.12. The molecule has 0 N–H and O–H groups in total. The summed E-state index contributed by atoms with van der Waals surface area (Å²) in [6.45, 7) is 22.1. The SMILES string of the molecule is CC(C)N1CCN(CC2CCN(CCC(C)(C)C)CC2)CC1. The van der Waals surface area contributed by atoms with E-state index in [1.54, 1.807) is 0 Å². The predicted molar refractivity (Wildman–Crippen MR) is 96.4 cm³/mol. The Morgan fingerprint density at radius 2 is 1.45 bits per heavy atom. The summed E-state index contributed by atoms with van der Waals surface area (Å²) in [6.07, 6.45) is 4.15. The van der Waals surface area contributed by atoms with Gasteiger partial charge >= 0.3 is 0 Å². The van der Waals surface area contributed by atoms with Gasteiger partial charge in [0.2, 0.25) is 0 Å². The molecule has 22 heavy (non-hydrogen) atoms. The maximum Gasteiger partial charge on any atom is 0.0113 e. The molecule has 130 valence electrons. The fourth-order valence-electron chi connectivity index (χ4n) is 3.71. The Morgan fingerprint density at radius 1 is 0.864 bits per heavy atom. The monoisotopic (exact) mass is 309 g/mol. The van der Waals surface area contributed by atoms with E-state index in [2.05, 4.69) is 49.3 Å². The molecule has 0 saturated carbocycles. The summed E-state index contributed by atoms with van der Waals surface area (Å²) >= 11 is 0. The van der Waals surface area contributed by atoms with Crippen molar-refractivity contribution in [3.63, 3.8) is 0 Å². The first-order valence-corrected chi connectivity index (χ1v) is 9.52. The highest BCUT2D eigenvalue weighted by Crippen LogP contribution is 2.23.